The first-order chi connectivity index (χ1) is 9.70. The topological polar surface area (TPSA) is 42.8 Å². The lowest BCUT2D eigenvalue weighted by molar-refractivity contribution is 0.297. The van der Waals surface area contributed by atoms with Gasteiger partial charge in [0.15, 0.2) is 16.7 Å². The van der Waals surface area contributed by atoms with Gasteiger partial charge in [-0.3, -0.25) is 4.99 Å². The Kier molecular flexibility index (Phi) is 4.05. The Balaban J connectivity index is 1.76. The van der Waals surface area contributed by atoms with Crippen molar-refractivity contribution in [2.75, 3.05) is 18.5 Å². The van der Waals surface area contributed by atoms with Crippen molar-refractivity contribution in [1.82, 2.24) is 0 Å². The molecule has 0 amide bonds. The number of fused-ring (bicyclic) bond motifs is 1. The highest BCUT2D eigenvalue weighted by molar-refractivity contribution is 8.14. The predicted molar refractivity (Wildman–Crippen MR) is 84.2 cm³/mol. The third kappa shape index (κ3) is 3.20. The van der Waals surface area contributed by atoms with E-state index in [0.29, 0.717) is 17.9 Å². The lowest BCUT2D eigenvalue weighted by atomic mass is 10.2. The fourth-order valence-corrected chi connectivity index (χ4v) is 3.60. The van der Waals surface area contributed by atoms with E-state index >= 15 is 0 Å². The molecule has 0 aliphatic carbocycles. The second-order valence-electron chi connectivity index (χ2n) is 5.28. The molecule has 0 aromatic heterocycles. The number of rotatable bonds is 1. The maximum Gasteiger partial charge on any atom is 0.163 e. The Morgan fingerprint density at radius 3 is 2.80 bits per heavy atom. The second kappa shape index (κ2) is 5.95. The first kappa shape index (κ1) is 13.6. The van der Waals surface area contributed by atoms with Crippen molar-refractivity contribution in [3.63, 3.8) is 0 Å². The number of ether oxygens (including phenoxy) is 2. The van der Waals surface area contributed by atoms with E-state index in [2.05, 4.69) is 24.2 Å². The molecule has 2 heterocycles. The molecule has 0 bridgehead atoms. The smallest absolute Gasteiger partial charge is 0.163 e. The van der Waals surface area contributed by atoms with Crippen LogP contribution in [0.1, 0.15) is 26.7 Å². The lowest BCUT2D eigenvalue weighted by Crippen LogP contribution is -2.22. The molecule has 0 fully saturated rings. The molecule has 5 heteroatoms. The van der Waals surface area contributed by atoms with Gasteiger partial charge in [-0.25, -0.2) is 0 Å². The van der Waals surface area contributed by atoms with Crippen LogP contribution in [0.2, 0.25) is 0 Å². The van der Waals surface area contributed by atoms with E-state index in [-0.39, 0.29) is 0 Å². The van der Waals surface area contributed by atoms with Crippen molar-refractivity contribution in [2.24, 2.45) is 4.99 Å². The molecule has 20 heavy (non-hydrogen) atoms. The zero-order valence-electron chi connectivity index (χ0n) is 11.9. The van der Waals surface area contributed by atoms with Crippen LogP contribution in [0, 0.1) is 0 Å². The zero-order valence-corrected chi connectivity index (χ0v) is 12.7. The molecule has 0 saturated carbocycles. The molecule has 0 saturated heterocycles. The summed E-state index contributed by atoms with van der Waals surface area (Å²) in [6.45, 7) is 5.83. The van der Waals surface area contributed by atoms with E-state index in [1.807, 2.05) is 18.2 Å². The molecule has 1 aromatic rings. The minimum absolute atomic E-state index is 0.383. The van der Waals surface area contributed by atoms with E-state index in [9.17, 15) is 0 Å². The third-order valence-corrected chi connectivity index (χ3v) is 4.35. The second-order valence-corrected chi connectivity index (χ2v) is 6.71. The minimum atomic E-state index is 0.383. The molecule has 2 aliphatic heterocycles. The summed E-state index contributed by atoms with van der Waals surface area (Å²) in [5.74, 6) is 1.64. The van der Waals surface area contributed by atoms with E-state index in [1.165, 1.54) is 0 Å². The number of amidine groups is 1. The normalized spacial score (nSPS) is 25.6. The minimum Gasteiger partial charge on any atom is -0.490 e. The molecule has 1 aromatic carbocycles. The van der Waals surface area contributed by atoms with Crippen LogP contribution in [0.5, 0.6) is 11.5 Å². The molecule has 0 spiro atoms. The maximum absolute atomic E-state index is 5.71. The number of aliphatic imine (C=N–C) groups is 1. The number of thioether (sulfide) groups is 1. The molecule has 2 aliphatic rings. The van der Waals surface area contributed by atoms with Gasteiger partial charge in [-0.1, -0.05) is 18.7 Å². The van der Waals surface area contributed by atoms with Crippen molar-refractivity contribution < 1.29 is 9.47 Å². The Hall–Kier alpha value is -1.36. The Bertz CT molecular complexity index is 519. The van der Waals surface area contributed by atoms with Crippen LogP contribution in [0.15, 0.2) is 23.2 Å². The van der Waals surface area contributed by atoms with Crippen LogP contribution in [0.4, 0.5) is 5.69 Å². The van der Waals surface area contributed by atoms with Gasteiger partial charge in [0.05, 0.1) is 19.3 Å². The summed E-state index contributed by atoms with van der Waals surface area (Å²) >= 11 is 1.79. The SMILES string of the molecule is CC1CC(C)SC(Nc2ccc3c(c2)OCCCO3)=N1. The van der Waals surface area contributed by atoms with Gasteiger partial charge in [-0.2, -0.15) is 0 Å². The van der Waals surface area contributed by atoms with Crippen molar-refractivity contribution in [2.45, 2.75) is 38.0 Å². The summed E-state index contributed by atoms with van der Waals surface area (Å²) in [4.78, 5) is 4.65. The Morgan fingerprint density at radius 2 is 2.00 bits per heavy atom. The van der Waals surface area contributed by atoms with E-state index in [0.717, 1.165) is 41.8 Å². The van der Waals surface area contributed by atoms with Crippen molar-refractivity contribution in [1.29, 1.82) is 0 Å². The summed E-state index contributed by atoms with van der Waals surface area (Å²) in [6, 6.07) is 6.35. The van der Waals surface area contributed by atoms with Crippen LogP contribution >= 0.6 is 11.8 Å². The quantitative estimate of drug-likeness (QED) is 0.860. The highest BCUT2D eigenvalue weighted by atomic mass is 32.2. The summed E-state index contributed by atoms with van der Waals surface area (Å²) < 4.78 is 11.3. The molecule has 3 rings (SSSR count). The van der Waals surface area contributed by atoms with Crippen LogP contribution in [0.3, 0.4) is 0 Å². The van der Waals surface area contributed by atoms with Gasteiger partial charge < -0.3 is 14.8 Å². The highest BCUT2D eigenvalue weighted by Gasteiger charge is 2.19. The molecule has 108 valence electrons. The van der Waals surface area contributed by atoms with Gasteiger partial charge in [-0.15, -0.1) is 0 Å². The summed E-state index contributed by atoms with van der Waals surface area (Å²) in [7, 11) is 0. The van der Waals surface area contributed by atoms with E-state index in [1.54, 1.807) is 11.8 Å². The molecule has 1 N–H and O–H groups in total. The van der Waals surface area contributed by atoms with Crippen LogP contribution < -0.4 is 14.8 Å². The summed E-state index contributed by atoms with van der Waals surface area (Å²) in [5, 5.41) is 4.98. The van der Waals surface area contributed by atoms with Gasteiger partial charge in [0.2, 0.25) is 0 Å². The summed E-state index contributed by atoms with van der Waals surface area (Å²) in [5.41, 5.74) is 1.00. The number of hydrogen-bond donors (Lipinski definition) is 1. The first-order valence-corrected chi connectivity index (χ1v) is 8.00. The van der Waals surface area contributed by atoms with Gasteiger partial charge in [0.1, 0.15) is 0 Å². The number of hydrogen-bond acceptors (Lipinski definition) is 5. The monoisotopic (exact) mass is 292 g/mol. The zero-order chi connectivity index (χ0) is 13.9. The number of benzene rings is 1. The Labute approximate surface area is 123 Å². The van der Waals surface area contributed by atoms with Crippen LogP contribution in [-0.4, -0.2) is 29.7 Å². The van der Waals surface area contributed by atoms with Gasteiger partial charge in [0.25, 0.3) is 0 Å². The summed E-state index contributed by atoms with van der Waals surface area (Å²) in [6.07, 6.45) is 2.06. The molecule has 0 radical (unpaired) electrons. The van der Waals surface area contributed by atoms with Crippen LogP contribution in [0.25, 0.3) is 0 Å². The average molecular weight is 292 g/mol. The molecule has 4 nitrogen and oxygen atoms in total. The van der Waals surface area contributed by atoms with Gasteiger partial charge >= 0.3 is 0 Å². The van der Waals surface area contributed by atoms with Crippen molar-refractivity contribution in [3.8, 4) is 11.5 Å². The van der Waals surface area contributed by atoms with Crippen molar-refractivity contribution in [3.05, 3.63) is 18.2 Å². The molecule has 2 unspecified atom stereocenters. The Morgan fingerprint density at radius 1 is 1.20 bits per heavy atom. The highest BCUT2D eigenvalue weighted by Crippen LogP contribution is 2.33. The molecule has 2 atom stereocenters. The number of nitrogens with one attached hydrogen (secondary N) is 1. The fraction of sp³-hybridized carbons (Fsp3) is 0.533. The third-order valence-electron chi connectivity index (χ3n) is 3.32. The van der Waals surface area contributed by atoms with Gasteiger partial charge in [-0.05, 0) is 25.5 Å². The van der Waals surface area contributed by atoms with E-state index < -0.39 is 0 Å². The molecular formula is C15H20N2O2S. The van der Waals surface area contributed by atoms with E-state index in [4.69, 9.17) is 9.47 Å². The average Bonchev–Trinajstić information content (AvgIpc) is 2.62. The van der Waals surface area contributed by atoms with Gasteiger partial charge in [0, 0.05) is 23.4 Å². The largest absolute Gasteiger partial charge is 0.490 e. The number of anilines is 1. The fourth-order valence-electron chi connectivity index (χ4n) is 2.43. The molecular weight excluding hydrogens is 272 g/mol. The van der Waals surface area contributed by atoms with Crippen LogP contribution in [-0.2, 0) is 0 Å². The predicted octanol–water partition coefficient (Wildman–Crippen LogP) is 3.53. The lowest BCUT2D eigenvalue weighted by Gasteiger charge is -2.23. The van der Waals surface area contributed by atoms with Crippen molar-refractivity contribution >= 4 is 22.6 Å². The first-order valence-electron chi connectivity index (χ1n) is 7.12. The standard InChI is InChI=1S/C15H20N2O2S/c1-10-8-11(2)20-15(16-10)17-12-4-5-13-14(9-12)19-7-3-6-18-13/h4-5,9-11H,3,6-8H2,1-2H3,(H,16,17). The number of nitrogens with zero attached hydrogens (tertiary/aromatic N) is 1. The maximum atomic E-state index is 5.71.